The van der Waals surface area contributed by atoms with E-state index in [1.165, 1.54) is 0 Å². The third kappa shape index (κ3) is 6.24. The third-order valence-corrected chi connectivity index (χ3v) is 2.03. The van der Waals surface area contributed by atoms with Crippen LogP contribution in [0.4, 0.5) is 13.2 Å². The summed E-state index contributed by atoms with van der Waals surface area (Å²) in [5.41, 5.74) is -5.65. The fraction of sp³-hybridized carbons (Fsp3) is 0.571. The van der Waals surface area contributed by atoms with Crippen molar-refractivity contribution in [3.05, 3.63) is 18.7 Å². The van der Waals surface area contributed by atoms with Gasteiger partial charge in [0, 0.05) is 0 Å². The third-order valence-electron chi connectivity index (χ3n) is 1.47. The molecule has 0 aliphatic heterocycles. The van der Waals surface area contributed by atoms with Crippen molar-refractivity contribution in [3.8, 4) is 0 Å². The maximum Gasteiger partial charge on any atom is 0.485 e. The molecular weight excluding hydrogens is 265 g/mol. The van der Waals surface area contributed by atoms with E-state index < -0.39 is 15.6 Å². The second kappa shape index (κ2) is 5.98. The van der Waals surface area contributed by atoms with Gasteiger partial charge in [-0.2, -0.15) is 13.2 Å². The first-order valence-electron chi connectivity index (χ1n) is 4.22. The van der Waals surface area contributed by atoms with Crippen molar-refractivity contribution in [2.45, 2.75) is 12.1 Å². The van der Waals surface area contributed by atoms with E-state index in [9.17, 15) is 13.2 Å². The molecule has 1 heterocycles. The lowest BCUT2D eigenvalue weighted by Gasteiger charge is -2.08. The average Bonchev–Trinajstić information content (AvgIpc) is 2.49. The lowest BCUT2D eigenvalue weighted by molar-refractivity contribution is -0.671. The van der Waals surface area contributed by atoms with Gasteiger partial charge in [0.2, 0.25) is 6.33 Å². The zero-order valence-electron chi connectivity index (χ0n) is 8.75. The minimum absolute atomic E-state index is 0.203. The van der Waals surface area contributed by atoms with Crippen LogP contribution in [0.3, 0.4) is 0 Å². The van der Waals surface area contributed by atoms with E-state index in [1.54, 1.807) is 0 Å². The molecule has 1 rings (SSSR count). The van der Waals surface area contributed by atoms with E-state index in [1.807, 2.05) is 34.9 Å². The Hall–Kier alpha value is -1.13. The summed E-state index contributed by atoms with van der Waals surface area (Å²) in [6, 6.07) is 0. The van der Waals surface area contributed by atoms with Crippen LogP contribution in [0.15, 0.2) is 18.7 Å². The van der Waals surface area contributed by atoms with Gasteiger partial charge in [0.15, 0.2) is 10.1 Å². The molecule has 0 unspecified atom stereocenters. The summed E-state index contributed by atoms with van der Waals surface area (Å²) in [5.74, 6) is 0. The standard InChI is InChI=1S/C6H11N2O.CHF3O3S/c1-7-2-3-8(6-7)4-5-9;2-1(3,4)8(5,6)7/h2-3,6,9H,4-5H2,1H3;(H,5,6,7)/q+1;/p-1. The van der Waals surface area contributed by atoms with Crippen LogP contribution < -0.4 is 4.57 Å². The number of aryl methyl sites for hydroxylation is 1. The molecule has 1 aromatic rings. The number of alkyl halides is 3. The van der Waals surface area contributed by atoms with Gasteiger partial charge >= 0.3 is 5.51 Å². The molecular formula is C7H11F3N2O4S. The lowest BCUT2D eigenvalue weighted by atomic mass is 10.7. The molecule has 17 heavy (non-hydrogen) atoms. The van der Waals surface area contributed by atoms with Crippen molar-refractivity contribution in [2.24, 2.45) is 7.05 Å². The normalized spacial score (nSPS) is 11.9. The van der Waals surface area contributed by atoms with Gasteiger partial charge in [-0.25, -0.2) is 17.6 Å². The summed E-state index contributed by atoms with van der Waals surface area (Å²) in [7, 11) is -4.14. The highest BCUT2D eigenvalue weighted by Gasteiger charge is 2.36. The highest BCUT2D eigenvalue weighted by molar-refractivity contribution is 7.86. The van der Waals surface area contributed by atoms with E-state index in [4.69, 9.17) is 18.1 Å². The van der Waals surface area contributed by atoms with Gasteiger partial charge in [-0.1, -0.05) is 0 Å². The summed E-state index contributed by atoms with van der Waals surface area (Å²) in [4.78, 5) is 0. The number of hydrogen-bond acceptors (Lipinski definition) is 4. The predicted octanol–water partition coefficient (Wildman–Crippen LogP) is -0.644. The van der Waals surface area contributed by atoms with Gasteiger partial charge in [0.1, 0.15) is 18.9 Å². The smallest absolute Gasteiger partial charge is 0.485 e. The summed E-state index contributed by atoms with van der Waals surface area (Å²) in [6.07, 6.45) is 5.79. The van der Waals surface area contributed by atoms with Gasteiger partial charge in [-0.15, -0.1) is 0 Å². The number of rotatable bonds is 2. The number of aliphatic hydroxyl groups is 1. The summed E-state index contributed by atoms with van der Waals surface area (Å²) < 4.78 is 62.8. The molecule has 0 aromatic carbocycles. The van der Waals surface area contributed by atoms with Crippen molar-refractivity contribution in [1.82, 2.24) is 4.57 Å². The summed E-state index contributed by atoms with van der Waals surface area (Å²) in [6.45, 7) is 0.884. The first-order valence-corrected chi connectivity index (χ1v) is 5.63. The lowest BCUT2D eigenvalue weighted by Crippen LogP contribution is -2.23. The van der Waals surface area contributed by atoms with Gasteiger partial charge in [-0.05, 0) is 0 Å². The van der Waals surface area contributed by atoms with Crippen LogP contribution in [0, 0.1) is 0 Å². The van der Waals surface area contributed by atoms with Gasteiger partial charge in [-0.3, -0.25) is 0 Å². The number of aromatic nitrogens is 2. The predicted molar refractivity (Wildman–Crippen MR) is 48.4 cm³/mol. The van der Waals surface area contributed by atoms with Crippen LogP contribution in [0.2, 0.25) is 0 Å². The first-order chi connectivity index (χ1) is 7.58. The maximum atomic E-state index is 10.7. The molecule has 0 saturated carbocycles. The Morgan fingerprint density at radius 1 is 1.47 bits per heavy atom. The number of aliphatic hydroxyl groups excluding tert-OH is 1. The van der Waals surface area contributed by atoms with E-state index >= 15 is 0 Å². The fourth-order valence-corrected chi connectivity index (χ4v) is 0.749. The molecule has 0 saturated heterocycles. The molecule has 100 valence electrons. The Bertz CT molecular complexity index is 440. The van der Waals surface area contributed by atoms with Crippen molar-refractivity contribution >= 4 is 10.1 Å². The monoisotopic (exact) mass is 276 g/mol. The summed E-state index contributed by atoms with van der Waals surface area (Å²) in [5, 5.41) is 8.50. The molecule has 0 aliphatic carbocycles. The molecule has 0 atom stereocenters. The Morgan fingerprint density at radius 2 is 1.94 bits per heavy atom. The fourth-order valence-electron chi connectivity index (χ4n) is 0.749. The van der Waals surface area contributed by atoms with Crippen molar-refractivity contribution in [2.75, 3.05) is 6.61 Å². The minimum Gasteiger partial charge on any atom is -0.741 e. The largest absolute Gasteiger partial charge is 0.741 e. The molecule has 1 aromatic heterocycles. The molecule has 0 aliphatic rings. The second-order valence-electron chi connectivity index (χ2n) is 2.94. The number of nitrogens with zero attached hydrogens (tertiary/aromatic N) is 2. The molecule has 10 heteroatoms. The van der Waals surface area contributed by atoms with E-state index in [0.29, 0.717) is 6.54 Å². The van der Waals surface area contributed by atoms with E-state index in [-0.39, 0.29) is 6.61 Å². The molecule has 0 amide bonds. The number of imidazole rings is 1. The highest BCUT2D eigenvalue weighted by Crippen LogP contribution is 2.20. The van der Waals surface area contributed by atoms with Crippen molar-refractivity contribution < 1.29 is 35.8 Å². The molecule has 0 spiro atoms. The van der Waals surface area contributed by atoms with Crippen LogP contribution in [-0.4, -0.2) is 34.8 Å². The van der Waals surface area contributed by atoms with Crippen molar-refractivity contribution in [1.29, 1.82) is 0 Å². The maximum absolute atomic E-state index is 10.7. The second-order valence-corrected chi connectivity index (χ2v) is 4.31. The van der Waals surface area contributed by atoms with Gasteiger partial charge in [0.25, 0.3) is 0 Å². The first kappa shape index (κ1) is 15.9. The Kier molecular flexibility index (Phi) is 5.58. The van der Waals surface area contributed by atoms with Crippen LogP contribution in [0.25, 0.3) is 0 Å². The van der Waals surface area contributed by atoms with Crippen LogP contribution >= 0.6 is 0 Å². The topological polar surface area (TPSA) is 86.2 Å². The Labute approximate surface area is 95.7 Å². The number of hydrogen-bond donors (Lipinski definition) is 1. The van der Waals surface area contributed by atoms with Crippen LogP contribution in [0.5, 0.6) is 0 Å². The Balaban J connectivity index is 0.000000304. The quantitative estimate of drug-likeness (QED) is 0.442. The molecule has 0 bridgehead atoms. The SMILES string of the molecule is C[n+]1ccn(CCO)c1.O=S(=O)([O-])C(F)(F)F. The highest BCUT2D eigenvalue weighted by atomic mass is 32.2. The average molecular weight is 276 g/mol. The molecule has 0 fully saturated rings. The molecule has 6 nitrogen and oxygen atoms in total. The minimum atomic E-state index is -6.09. The van der Waals surface area contributed by atoms with E-state index in [2.05, 4.69) is 0 Å². The zero-order valence-corrected chi connectivity index (χ0v) is 9.57. The number of halogens is 3. The van der Waals surface area contributed by atoms with Gasteiger partial charge < -0.3 is 9.66 Å². The molecule has 1 N–H and O–H groups in total. The van der Waals surface area contributed by atoms with Gasteiger partial charge in [0.05, 0.1) is 13.7 Å². The van der Waals surface area contributed by atoms with Crippen LogP contribution in [0.1, 0.15) is 0 Å². The Morgan fingerprint density at radius 3 is 2.18 bits per heavy atom. The van der Waals surface area contributed by atoms with Crippen LogP contribution in [-0.2, 0) is 23.7 Å². The van der Waals surface area contributed by atoms with E-state index in [0.717, 1.165) is 0 Å². The zero-order chi connectivity index (χ0) is 13.7. The molecule has 0 radical (unpaired) electrons. The summed E-state index contributed by atoms with van der Waals surface area (Å²) >= 11 is 0. The van der Waals surface area contributed by atoms with Crippen molar-refractivity contribution in [3.63, 3.8) is 0 Å².